The van der Waals surface area contributed by atoms with Crippen molar-refractivity contribution in [3.8, 4) is 23.0 Å². The monoisotopic (exact) mass is 868 g/mol. The van der Waals surface area contributed by atoms with E-state index in [0.717, 1.165) is 101 Å². The molecule has 316 valence electrons. The van der Waals surface area contributed by atoms with Gasteiger partial charge in [-0.2, -0.15) is 0 Å². The number of esters is 2. The van der Waals surface area contributed by atoms with Gasteiger partial charge in [-0.1, -0.05) is 130 Å². The normalized spacial score (nSPS) is 12.2. The third kappa shape index (κ3) is 14.8. The summed E-state index contributed by atoms with van der Waals surface area (Å²) in [7, 11) is 0. The summed E-state index contributed by atoms with van der Waals surface area (Å²) in [6, 6.07) is 29.5. The van der Waals surface area contributed by atoms with Gasteiger partial charge in [0.1, 0.15) is 49.4 Å². The van der Waals surface area contributed by atoms with E-state index in [0.29, 0.717) is 35.8 Å². The summed E-state index contributed by atoms with van der Waals surface area (Å²) < 4.78 is 38.6. The van der Waals surface area contributed by atoms with Crippen LogP contribution in [0.3, 0.4) is 0 Å². The first-order valence-corrected chi connectivity index (χ1v) is 22.2. The van der Waals surface area contributed by atoms with E-state index in [1.54, 1.807) is 0 Å². The van der Waals surface area contributed by atoms with Crippen molar-refractivity contribution in [1.82, 2.24) is 0 Å². The third-order valence-electron chi connectivity index (χ3n) is 10.1. The molecule has 2 atom stereocenters. The molecular weight excluding hydrogens is 808 g/mol. The first-order chi connectivity index (χ1) is 28.7. The summed E-state index contributed by atoms with van der Waals surface area (Å²) in [6.45, 7) is 8.80. The minimum atomic E-state index is -0.661. The van der Waals surface area contributed by atoms with Crippen LogP contribution >= 0.6 is 15.9 Å². The highest BCUT2D eigenvalue weighted by Crippen LogP contribution is 2.44. The number of ether oxygens (including phenoxy) is 6. The quantitative estimate of drug-likeness (QED) is 0.0308. The molecule has 2 unspecified atom stereocenters. The second-order valence-corrected chi connectivity index (χ2v) is 16.2. The summed E-state index contributed by atoms with van der Waals surface area (Å²) in [5.74, 6) is 2.15. The molecule has 0 aliphatic heterocycles. The zero-order chi connectivity index (χ0) is 41.8. The predicted octanol–water partition coefficient (Wildman–Crippen LogP) is 12.8. The van der Waals surface area contributed by atoms with Crippen molar-refractivity contribution in [1.29, 1.82) is 0 Å². The number of hydrogen-bond donors (Lipinski definition) is 0. The summed E-state index contributed by atoms with van der Waals surface area (Å²) >= 11 is 3.68. The van der Waals surface area contributed by atoms with Gasteiger partial charge in [-0.05, 0) is 80.3 Å². The lowest BCUT2D eigenvalue weighted by atomic mass is 10.0. The Morgan fingerprint density at radius 2 is 0.932 bits per heavy atom. The van der Waals surface area contributed by atoms with E-state index >= 15 is 0 Å². The fourth-order valence-corrected chi connectivity index (χ4v) is 7.35. The Morgan fingerprint density at radius 1 is 0.492 bits per heavy atom. The van der Waals surface area contributed by atoms with E-state index in [2.05, 4.69) is 29.8 Å². The van der Waals surface area contributed by atoms with Gasteiger partial charge >= 0.3 is 11.9 Å². The second-order valence-electron chi connectivity index (χ2n) is 15.3. The lowest BCUT2D eigenvalue weighted by Gasteiger charge is -2.23. The van der Waals surface area contributed by atoms with Crippen molar-refractivity contribution in [2.45, 2.75) is 117 Å². The fourth-order valence-electron chi connectivity index (χ4n) is 6.99. The highest BCUT2D eigenvalue weighted by molar-refractivity contribution is 9.10. The summed E-state index contributed by atoms with van der Waals surface area (Å²) in [5.41, 5.74) is 2.15. The lowest BCUT2D eigenvalue weighted by Crippen LogP contribution is -2.31. The smallest absolute Gasteiger partial charge is 0.306 e. The molecule has 5 rings (SSSR count). The number of aryl methyl sites for hydroxylation is 2. The van der Waals surface area contributed by atoms with Gasteiger partial charge in [-0.15, -0.1) is 0 Å². The highest BCUT2D eigenvalue weighted by atomic mass is 79.9. The second kappa shape index (κ2) is 24.4. The standard InChI is InChI=1S/C50H61BrO8/c1-5-7-9-11-13-25-47(52)58-41(32-54-39-21-17-19-36(3)29-39)34-56-49-43-23-15-16-24-44(43)50(46-31-38(51)27-28-45(46)49)57-35-42(33-55-40-22-18-20-37(4)30-40)59-48(53)26-14-12-10-8-6-2/h15-24,27-31,41-42H,5-14,25-26,32-35H2,1-4H3. The first kappa shape index (κ1) is 45.3. The Balaban J connectivity index is 1.38. The van der Waals surface area contributed by atoms with Crippen LogP contribution in [-0.4, -0.2) is 50.6 Å². The summed E-state index contributed by atoms with van der Waals surface area (Å²) in [6.07, 6.45) is 9.76. The van der Waals surface area contributed by atoms with E-state index in [1.807, 2.05) is 105 Å². The average Bonchev–Trinajstić information content (AvgIpc) is 3.22. The fraction of sp³-hybridized carbons (Fsp3) is 0.440. The molecule has 0 saturated carbocycles. The molecule has 8 nitrogen and oxygen atoms in total. The van der Waals surface area contributed by atoms with Gasteiger partial charge in [-0.3, -0.25) is 9.59 Å². The maximum absolute atomic E-state index is 13.1. The SMILES string of the molecule is CCCCCCCC(=O)OC(COc1cccc(C)c1)COc1c2ccccc2c(OCC(COc2cccc(C)c2)OC(=O)CCCCCCC)c2cc(Br)ccc12. The first-order valence-electron chi connectivity index (χ1n) is 21.4. The van der Waals surface area contributed by atoms with Gasteiger partial charge in [0.25, 0.3) is 0 Å². The number of halogens is 1. The Bertz CT molecular complexity index is 2080. The minimum Gasteiger partial charge on any atom is -0.490 e. The van der Waals surface area contributed by atoms with Crippen LogP contribution in [0, 0.1) is 13.8 Å². The van der Waals surface area contributed by atoms with Crippen LogP contribution in [0.25, 0.3) is 21.5 Å². The maximum Gasteiger partial charge on any atom is 0.306 e. The van der Waals surface area contributed by atoms with E-state index in [9.17, 15) is 9.59 Å². The number of unbranched alkanes of at least 4 members (excludes halogenated alkanes) is 8. The van der Waals surface area contributed by atoms with Gasteiger partial charge in [-0.25, -0.2) is 0 Å². The molecule has 9 heteroatoms. The maximum atomic E-state index is 13.1. The predicted molar refractivity (Wildman–Crippen MR) is 240 cm³/mol. The molecule has 0 amide bonds. The zero-order valence-electron chi connectivity index (χ0n) is 35.3. The zero-order valence-corrected chi connectivity index (χ0v) is 36.9. The molecule has 5 aromatic rings. The molecule has 0 bridgehead atoms. The van der Waals surface area contributed by atoms with Crippen LogP contribution in [0.15, 0.2) is 95.5 Å². The van der Waals surface area contributed by atoms with Crippen LogP contribution in [0.5, 0.6) is 23.0 Å². The van der Waals surface area contributed by atoms with E-state index < -0.39 is 12.2 Å². The molecule has 0 spiro atoms. The largest absolute Gasteiger partial charge is 0.490 e. The van der Waals surface area contributed by atoms with Crippen molar-refractivity contribution in [2.75, 3.05) is 26.4 Å². The van der Waals surface area contributed by atoms with Gasteiger partial charge in [0.05, 0.1) is 0 Å². The van der Waals surface area contributed by atoms with Crippen molar-refractivity contribution < 1.29 is 38.0 Å². The third-order valence-corrected chi connectivity index (χ3v) is 10.6. The van der Waals surface area contributed by atoms with Crippen molar-refractivity contribution in [3.63, 3.8) is 0 Å². The molecule has 0 aliphatic carbocycles. The van der Waals surface area contributed by atoms with Crippen LogP contribution in [0.4, 0.5) is 0 Å². The Hall–Kier alpha value is -4.76. The molecule has 0 aromatic heterocycles. The molecule has 5 aromatic carbocycles. The van der Waals surface area contributed by atoms with Gasteiger partial charge < -0.3 is 28.4 Å². The van der Waals surface area contributed by atoms with Crippen LogP contribution in [-0.2, 0) is 19.1 Å². The molecule has 0 saturated heterocycles. The van der Waals surface area contributed by atoms with Gasteiger partial charge in [0.2, 0.25) is 0 Å². The van der Waals surface area contributed by atoms with Crippen molar-refractivity contribution in [3.05, 3.63) is 107 Å². The van der Waals surface area contributed by atoms with Crippen LogP contribution in [0.1, 0.15) is 102 Å². The summed E-state index contributed by atoms with van der Waals surface area (Å²) in [4.78, 5) is 26.2. The number of carbonyl (C=O) groups is 2. The highest BCUT2D eigenvalue weighted by Gasteiger charge is 2.23. The Morgan fingerprint density at radius 3 is 1.41 bits per heavy atom. The van der Waals surface area contributed by atoms with E-state index in [1.165, 1.54) is 0 Å². The van der Waals surface area contributed by atoms with E-state index in [4.69, 9.17) is 28.4 Å². The topological polar surface area (TPSA) is 89.5 Å². The molecule has 0 aliphatic rings. The molecule has 59 heavy (non-hydrogen) atoms. The minimum absolute atomic E-state index is 0.0754. The molecule has 0 heterocycles. The number of fused-ring (bicyclic) bond motifs is 2. The number of carbonyl (C=O) groups excluding carboxylic acids is 2. The van der Waals surface area contributed by atoms with E-state index in [-0.39, 0.29) is 38.4 Å². The lowest BCUT2D eigenvalue weighted by molar-refractivity contribution is -0.153. The van der Waals surface area contributed by atoms with Crippen LogP contribution in [0.2, 0.25) is 0 Å². The number of hydrogen-bond acceptors (Lipinski definition) is 8. The van der Waals surface area contributed by atoms with Gasteiger partial charge in [0, 0.05) is 38.9 Å². The van der Waals surface area contributed by atoms with Crippen molar-refractivity contribution in [2.24, 2.45) is 0 Å². The molecular formula is C50H61BrO8. The molecule has 0 N–H and O–H groups in total. The Labute approximate surface area is 359 Å². The van der Waals surface area contributed by atoms with Crippen molar-refractivity contribution >= 4 is 49.4 Å². The average molecular weight is 870 g/mol. The van der Waals surface area contributed by atoms with Crippen LogP contribution < -0.4 is 18.9 Å². The Kier molecular flexibility index (Phi) is 18.7. The number of rotatable bonds is 26. The molecule has 0 radical (unpaired) electrons. The molecule has 0 fully saturated rings. The van der Waals surface area contributed by atoms with Gasteiger partial charge in [0.15, 0.2) is 12.2 Å². The number of benzene rings is 5. The summed E-state index contributed by atoms with van der Waals surface area (Å²) in [5, 5.41) is 3.28.